The van der Waals surface area contributed by atoms with E-state index < -0.39 is 0 Å². The van der Waals surface area contributed by atoms with Crippen molar-refractivity contribution < 1.29 is 0 Å². The summed E-state index contributed by atoms with van der Waals surface area (Å²) >= 11 is 0. The van der Waals surface area contributed by atoms with Crippen LogP contribution in [-0.2, 0) is 0 Å². The predicted molar refractivity (Wildman–Crippen MR) is 61.4 cm³/mol. The summed E-state index contributed by atoms with van der Waals surface area (Å²) in [6.45, 7) is 8.37. The van der Waals surface area contributed by atoms with E-state index in [-0.39, 0.29) is 0 Å². The van der Waals surface area contributed by atoms with E-state index in [4.69, 9.17) is 0 Å². The van der Waals surface area contributed by atoms with E-state index >= 15 is 0 Å². The average molecular weight is 192 g/mol. The molecule has 14 heavy (non-hydrogen) atoms. The van der Waals surface area contributed by atoms with Gasteiger partial charge < -0.3 is 4.57 Å². The highest BCUT2D eigenvalue weighted by atomic mass is 15.1. The Labute approximate surface area is 86.0 Å². The van der Waals surface area contributed by atoms with Gasteiger partial charge in [0.2, 0.25) is 0 Å². The second-order valence-electron chi connectivity index (χ2n) is 3.50. The standard InChI is InChI=1S/C10H14N2.C2H6/c1-8(2)12-7-11-9-5-3-4-6-10(9)12;1-2/h5-8H,3-4H2,1-2H3;1-2H3. The number of imidazole rings is 1. The van der Waals surface area contributed by atoms with Gasteiger partial charge in [0.25, 0.3) is 0 Å². The summed E-state index contributed by atoms with van der Waals surface area (Å²) in [5.41, 5.74) is 0. The van der Waals surface area contributed by atoms with Crippen molar-refractivity contribution in [1.82, 2.24) is 9.55 Å². The molecule has 0 atom stereocenters. The highest BCUT2D eigenvalue weighted by molar-refractivity contribution is 5.33. The van der Waals surface area contributed by atoms with Gasteiger partial charge in [0.1, 0.15) is 0 Å². The van der Waals surface area contributed by atoms with Crippen molar-refractivity contribution in [2.24, 2.45) is 0 Å². The summed E-state index contributed by atoms with van der Waals surface area (Å²) in [5.74, 6) is 0. The van der Waals surface area contributed by atoms with Crippen LogP contribution in [0.5, 0.6) is 0 Å². The molecule has 0 unspecified atom stereocenters. The van der Waals surface area contributed by atoms with Gasteiger partial charge in [0.15, 0.2) is 0 Å². The molecule has 1 aliphatic rings. The molecule has 0 saturated heterocycles. The predicted octanol–water partition coefficient (Wildman–Crippen LogP) is 1.85. The summed E-state index contributed by atoms with van der Waals surface area (Å²) < 4.78 is 2.23. The Morgan fingerprint density at radius 3 is 2.50 bits per heavy atom. The van der Waals surface area contributed by atoms with Crippen molar-refractivity contribution in [3.63, 3.8) is 0 Å². The first-order valence-electron chi connectivity index (χ1n) is 5.52. The third-order valence-electron chi connectivity index (χ3n) is 2.26. The van der Waals surface area contributed by atoms with E-state index in [1.165, 1.54) is 5.35 Å². The second kappa shape index (κ2) is 4.99. The maximum atomic E-state index is 4.35. The summed E-state index contributed by atoms with van der Waals surface area (Å²) in [7, 11) is 0. The number of fused-ring (bicyclic) bond motifs is 1. The van der Waals surface area contributed by atoms with Crippen LogP contribution in [0.15, 0.2) is 6.33 Å². The van der Waals surface area contributed by atoms with Gasteiger partial charge in [-0.3, -0.25) is 0 Å². The summed E-state index contributed by atoms with van der Waals surface area (Å²) in [6.07, 6.45) is 8.73. The molecule has 0 bridgehead atoms. The molecule has 1 aromatic heterocycles. The quantitative estimate of drug-likeness (QED) is 0.664. The third-order valence-corrected chi connectivity index (χ3v) is 2.26. The van der Waals surface area contributed by atoms with E-state index in [0.29, 0.717) is 6.04 Å². The number of aromatic nitrogens is 2. The highest BCUT2D eigenvalue weighted by Crippen LogP contribution is 1.99. The molecule has 0 amide bonds. The van der Waals surface area contributed by atoms with Crippen LogP contribution < -0.4 is 10.7 Å². The smallest absolute Gasteiger partial charge is 0.0960 e. The van der Waals surface area contributed by atoms with Crippen LogP contribution in [0.25, 0.3) is 12.2 Å². The zero-order chi connectivity index (χ0) is 10.6. The lowest BCUT2D eigenvalue weighted by Gasteiger charge is -2.06. The van der Waals surface area contributed by atoms with E-state index in [0.717, 1.165) is 18.2 Å². The highest BCUT2D eigenvalue weighted by Gasteiger charge is 2.02. The summed E-state index contributed by atoms with van der Waals surface area (Å²) in [4.78, 5) is 4.35. The molecule has 78 valence electrons. The molecule has 2 nitrogen and oxygen atoms in total. The fourth-order valence-corrected chi connectivity index (χ4v) is 1.60. The van der Waals surface area contributed by atoms with Crippen molar-refractivity contribution in [3.8, 4) is 0 Å². The SMILES string of the molecule is CC.CC(C)n1cnc2c1=CCCC=2. The first kappa shape index (κ1) is 11.0. The molecule has 0 aliphatic heterocycles. The molecule has 1 aromatic rings. The zero-order valence-electron chi connectivity index (χ0n) is 9.62. The molecule has 0 radical (unpaired) electrons. The Bertz CT molecular complexity index is 385. The minimum atomic E-state index is 0.518. The lowest BCUT2D eigenvalue weighted by molar-refractivity contribution is 0.584. The van der Waals surface area contributed by atoms with Crippen molar-refractivity contribution >= 4 is 12.2 Å². The molecule has 2 heteroatoms. The van der Waals surface area contributed by atoms with Gasteiger partial charge in [-0.05, 0) is 26.7 Å². The van der Waals surface area contributed by atoms with Crippen LogP contribution in [0, 0.1) is 0 Å². The van der Waals surface area contributed by atoms with Gasteiger partial charge in [0, 0.05) is 6.04 Å². The van der Waals surface area contributed by atoms with Crippen LogP contribution in [0.3, 0.4) is 0 Å². The van der Waals surface area contributed by atoms with Gasteiger partial charge in [0.05, 0.1) is 17.0 Å². The maximum Gasteiger partial charge on any atom is 0.0960 e. The van der Waals surface area contributed by atoms with Crippen molar-refractivity contribution in [2.45, 2.75) is 46.6 Å². The number of rotatable bonds is 1. The van der Waals surface area contributed by atoms with Gasteiger partial charge in [-0.1, -0.05) is 26.0 Å². The molecular formula is C12H20N2. The van der Waals surface area contributed by atoms with Crippen molar-refractivity contribution in [1.29, 1.82) is 0 Å². The topological polar surface area (TPSA) is 17.8 Å². The van der Waals surface area contributed by atoms with Gasteiger partial charge >= 0.3 is 0 Å². The number of nitrogens with zero attached hydrogens (tertiary/aromatic N) is 2. The summed E-state index contributed by atoms with van der Waals surface area (Å²) in [5, 5.41) is 2.46. The van der Waals surface area contributed by atoms with Crippen molar-refractivity contribution in [2.75, 3.05) is 0 Å². The first-order valence-corrected chi connectivity index (χ1v) is 5.52. The normalized spacial score (nSPS) is 13.5. The minimum absolute atomic E-state index is 0.518. The molecule has 1 heterocycles. The Hall–Kier alpha value is -1.05. The lowest BCUT2D eigenvalue weighted by Crippen LogP contribution is -2.32. The lowest BCUT2D eigenvalue weighted by atomic mass is 10.2. The van der Waals surface area contributed by atoms with E-state index in [9.17, 15) is 0 Å². The fourth-order valence-electron chi connectivity index (χ4n) is 1.60. The molecule has 0 fully saturated rings. The molecular weight excluding hydrogens is 172 g/mol. The molecule has 0 saturated carbocycles. The van der Waals surface area contributed by atoms with Gasteiger partial charge in [-0.15, -0.1) is 0 Å². The Morgan fingerprint density at radius 1 is 1.21 bits per heavy atom. The van der Waals surface area contributed by atoms with Crippen LogP contribution in [0.2, 0.25) is 0 Å². The molecule has 0 aromatic carbocycles. The van der Waals surface area contributed by atoms with E-state index in [1.54, 1.807) is 0 Å². The molecule has 2 rings (SSSR count). The van der Waals surface area contributed by atoms with Crippen LogP contribution in [0.1, 0.15) is 46.6 Å². The maximum absolute atomic E-state index is 4.35. The molecule has 0 N–H and O–H groups in total. The minimum Gasteiger partial charge on any atom is -0.328 e. The van der Waals surface area contributed by atoms with Gasteiger partial charge in [-0.25, -0.2) is 4.98 Å². The molecule has 1 aliphatic carbocycles. The van der Waals surface area contributed by atoms with E-state index in [2.05, 4.69) is 35.6 Å². The second-order valence-corrected chi connectivity index (χ2v) is 3.50. The monoisotopic (exact) mass is 192 g/mol. The third kappa shape index (κ3) is 2.06. The van der Waals surface area contributed by atoms with Gasteiger partial charge in [-0.2, -0.15) is 0 Å². The number of hydrogen-bond acceptors (Lipinski definition) is 1. The molecule has 0 spiro atoms. The van der Waals surface area contributed by atoms with Crippen LogP contribution in [0.4, 0.5) is 0 Å². The fraction of sp³-hybridized carbons (Fsp3) is 0.583. The largest absolute Gasteiger partial charge is 0.328 e. The van der Waals surface area contributed by atoms with E-state index in [1.807, 2.05) is 20.2 Å². The summed E-state index contributed by atoms with van der Waals surface area (Å²) in [6, 6.07) is 0.518. The van der Waals surface area contributed by atoms with Crippen molar-refractivity contribution in [3.05, 3.63) is 17.0 Å². The zero-order valence-corrected chi connectivity index (χ0v) is 9.62. The van der Waals surface area contributed by atoms with Crippen LogP contribution >= 0.6 is 0 Å². The average Bonchev–Trinajstić information content (AvgIpc) is 2.64. The Balaban J connectivity index is 0.000000461. The Kier molecular flexibility index (Phi) is 3.93. The number of hydrogen-bond donors (Lipinski definition) is 0. The first-order chi connectivity index (χ1) is 6.79. The van der Waals surface area contributed by atoms with Crippen LogP contribution in [-0.4, -0.2) is 9.55 Å². The Morgan fingerprint density at radius 2 is 1.86 bits per heavy atom.